The molecule has 0 amide bonds. The standard InChI is InChI=1S/C11H14N2O2/c14-10(15)11(5-2-1-3-6-11)9-12-7-4-8-13-9/h4,7-8H,1-3,5-6H2,(H,14,15). The van der Waals surface area contributed by atoms with Gasteiger partial charge in [-0.3, -0.25) is 4.79 Å². The molecule has 1 aromatic heterocycles. The first-order valence-electron chi connectivity index (χ1n) is 5.27. The van der Waals surface area contributed by atoms with Crippen molar-refractivity contribution in [3.63, 3.8) is 0 Å². The molecule has 0 aliphatic heterocycles. The second kappa shape index (κ2) is 3.96. The summed E-state index contributed by atoms with van der Waals surface area (Å²) in [4.78, 5) is 19.6. The number of carboxylic acids is 1. The van der Waals surface area contributed by atoms with Crippen molar-refractivity contribution in [1.82, 2.24) is 9.97 Å². The number of aromatic nitrogens is 2. The first-order chi connectivity index (χ1) is 7.26. The summed E-state index contributed by atoms with van der Waals surface area (Å²) in [5, 5.41) is 9.36. The average Bonchev–Trinajstić information content (AvgIpc) is 2.31. The third kappa shape index (κ3) is 1.71. The zero-order valence-corrected chi connectivity index (χ0v) is 8.52. The molecule has 0 saturated heterocycles. The first kappa shape index (κ1) is 10.1. The van der Waals surface area contributed by atoms with E-state index in [4.69, 9.17) is 0 Å². The van der Waals surface area contributed by atoms with Gasteiger partial charge in [-0.2, -0.15) is 0 Å². The minimum Gasteiger partial charge on any atom is -0.480 e. The van der Waals surface area contributed by atoms with Crippen molar-refractivity contribution in [3.05, 3.63) is 24.3 Å². The summed E-state index contributed by atoms with van der Waals surface area (Å²) >= 11 is 0. The van der Waals surface area contributed by atoms with Crippen molar-refractivity contribution in [2.24, 2.45) is 0 Å². The molecule has 0 atom stereocenters. The maximum absolute atomic E-state index is 11.4. The van der Waals surface area contributed by atoms with Crippen LogP contribution in [0.15, 0.2) is 18.5 Å². The Labute approximate surface area is 88.4 Å². The highest BCUT2D eigenvalue weighted by Gasteiger charge is 2.43. The molecule has 1 N–H and O–H groups in total. The predicted octanol–water partition coefficient (Wildman–Crippen LogP) is 1.76. The van der Waals surface area contributed by atoms with E-state index in [9.17, 15) is 9.90 Å². The van der Waals surface area contributed by atoms with E-state index in [2.05, 4.69) is 9.97 Å². The van der Waals surface area contributed by atoms with Gasteiger partial charge in [0.1, 0.15) is 11.2 Å². The maximum atomic E-state index is 11.4. The van der Waals surface area contributed by atoms with Crippen LogP contribution in [0.4, 0.5) is 0 Å². The molecule has 1 fully saturated rings. The van der Waals surface area contributed by atoms with Crippen molar-refractivity contribution in [3.8, 4) is 0 Å². The van der Waals surface area contributed by atoms with E-state index in [0.29, 0.717) is 18.7 Å². The third-order valence-electron chi connectivity index (χ3n) is 3.11. The SMILES string of the molecule is O=C(O)C1(c2ncccn2)CCCCC1. The Hall–Kier alpha value is -1.45. The van der Waals surface area contributed by atoms with E-state index in [1.807, 2.05) is 0 Å². The lowest BCUT2D eigenvalue weighted by Crippen LogP contribution is -2.39. The minimum absolute atomic E-state index is 0.470. The van der Waals surface area contributed by atoms with Crippen molar-refractivity contribution in [1.29, 1.82) is 0 Å². The molecule has 0 bridgehead atoms. The van der Waals surface area contributed by atoms with Gasteiger partial charge >= 0.3 is 5.97 Å². The number of hydrogen-bond acceptors (Lipinski definition) is 3. The molecule has 4 heteroatoms. The van der Waals surface area contributed by atoms with Crippen LogP contribution in [0.25, 0.3) is 0 Å². The maximum Gasteiger partial charge on any atom is 0.317 e. The molecule has 1 aliphatic rings. The van der Waals surface area contributed by atoms with Crippen molar-refractivity contribution in [2.45, 2.75) is 37.5 Å². The fraction of sp³-hybridized carbons (Fsp3) is 0.545. The van der Waals surface area contributed by atoms with Crippen LogP contribution >= 0.6 is 0 Å². The Kier molecular flexibility index (Phi) is 2.66. The Morgan fingerprint density at radius 1 is 1.20 bits per heavy atom. The van der Waals surface area contributed by atoms with Crippen LogP contribution in [-0.4, -0.2) is 21.0 Å². The van der Waals surface area contributed by atoms with E-state index < -0.39 is 11.4 Å². The second-order valence-corrected chi connectivity index (χ2v) is 4.02. The van der Waals surface area contributed by atoms with E-state index in [-0.39, 0.29) is 0 Å². The van der Waals surface area contributed by atoms with Crippen LogP contribution in [0.5, 0.6) is 0 Å². The number of hydrogen-bond donors (Lipinski definition) is 1. The molecule has 0 spiro atoms. The molecule has 0 radical (unpaired) electrons. The zero-order valence-electron chi connectivity index (χ0n) is 8.52. The number of rotatable bonds is 2. The monoisotopic (exact) mass is 206 g/mol. The fourth-order valence-corrected chi connectivity index (χ4v) is 2.23. The Morgan fingerprint density at radius 2 is 1.80 bits per heavy atom. The van der Waals surface area contributed by atoms with Crippen LogP contribution in [0, 0.1) is 0 Å². The molecule has 2 rings (SSSR count). The van der Waals surface area contributed by atoms with Gasteiger partial charge < -0.3 is 5.11 Å². The number of carboxylic acid groups (broad SMARTS) is 1. The van der Waals surface area contributed by atoms with Crippen molar-refractivity contribution < 1.29 is 9.90 Å². The fourth-order valence-electron chi connectivity index (χ4n) is 2.23. The number of nitrogens with zero attached hydrogens (tertiary/aromatic N) is 2. The van der Waals surface area contributed by atoms with E-state index in [0.717, 1.165) is 19.3 Å². The molecule has 4 nitrogen and oxygen atoms in total. The normalized spacial score (nSPS) is 19.7. The molecule has 0 aromatic carbocycles. The van der Waals surface area contributed by atoms with Gasteiger partial charge in [0.15, 0.2) is 0 Å². The quantitative estimate of drug-likeness (QED) is 0.800. The van der Waals surface area contributed by atoms with Gasteiger partial charge in [0, 0.05) is 12.4 Å². The molecule has 1 aromatic rings. The highest BCUT2D eigenvalue weighted by molar-refractivity contribution is 5.80. The smallest absolute Gasteiger partial charge is 0.317 e. The molecular weight excluding hydrogens is 192 g/mol. The Bertz CT molecular complexity index is 345. The van der Waals surface area contributed by atoms with Crippen LogP contribution in [0.2, 0.25) is 0 Å². The van der Waals surface area contributed by atoms with Crippen molar-refractivity contribution in [2.75, 3.05) is 0 Å². The van der Waals surface area contributed by atoms with Gasteiger partial charge in [0.05, 0.1) is 0 Å². The molecule has 1 saturated carbocycles. The predicted molar refractivity (Wildman–Crippen MR) is 54.4 cm³/mol. The highest BCUT2D eigenvalue weighted by Crippen LogP contribution is 2.37. The van der Waals surface area contributed by atoms with Crippen LogP contribution < -0.4 is 0 Å². The zero-order chi connectivity index (χ0) is 10.7. The van der Waals surface area contributed by atoms with Crippen LogP contribution in [0.3, 0.4) is 0 Å². The summed E-state index contributed by atoms with van der Waals surface area (Å²) in [6.45, 7) is 0. The van der Waals surface area contributed by atoms with Crippen LogP contribution in [-0.2, 0) is 10.2 Å². The largest absolute Gasteiger partial charge is 0.480 e. The first-order valence-corrected chi connectivity index (χ1v) is 5.27. The molecule has 80 valence electrons. The third-order valence-corrected chi connectivity index (χ3v) is 3.11. The summed E-state index contributed by atoms with van der Waals surface area (Å²) in [5.74, 6) is -0.314. The summed E-state index contributed by atoms with van der Waals surface area (Å²) in [6.07, 6.45) is 7.55. The molecular formula is C11H14N2O2. The second-order valence-electron chi connectivity index (χ2n) is 4.02. The topological polar surface area (TPSA) is 63.1 Å². The van der Waals surface area contributed by atoms with Crippen molar-refractivity contribution >= 4 is 5.97 Å². The summed E-state index contributed by atoms with van der Waals surface area (Å²) in [6, 6.07) is 1.71. The number of carbonyl (C=O) groups is 1. The number of aliphatic carboxylic acids is 1. The van der Waals surface area contributed by atoms with Gasteiger partial charge in [0.25, 0.3) is 0 Å². The lowest BCUT2D eigenvalue weighted by molar-refractivity contribution is -0.145. The van der Waals surface area contributed by atoms with E-state index >= 15 is 0 Å². The Morgan fingerprint density at radius 3 is 2.33 bits per heavy atom. The lowest BCUT2D eigenvalue weighted by Gasteiger charge is -2.31. The van der Waals surface area contributed by atoms with Gasteiger partial charge in [-0.05, 0) is 18.9 Å². The van der Waals surface area contributed by atoms with Gasteiger partial charge in [-0.1, -0.05) is 19.3 Å². The molecule has 1 heterocycles. The molecule has 1 aliphatic carbocycles. The minimum atomic E-state index is -0.834. The molecule has 0 unspecified atom stereocenters. The van der Waals surface area contributed by atoms with E-state index in [1.54, 1.807) is 18.5 Å². The van der Waals surface area contributed by atoms with Gasteiger partial charge in [-0.15, -0.1) is 0 Å². The van der Waals surface area contributed by atoms with E-state index in [1.165, 1.54) is 0 Å². The average molecular weight is 206 g/mol. The summed E-state index contributed by atoms with van der Waals surface area (Å²) in [5.41, 5.74) is -0.834. The molecule has 15 heavy (non-hydrogen) atoms. The summed E-state index contributed by atoms with van der Waals surface area (Å²) in [7, 11) is 0. The lowest BCUT2D eigenvalue weighted by atomic mass is 9.73. The summed E-state index contributed by atoms with van der Waals surface area (Å²) < 4.78 is 0. The Balaban J connectivity index is 2.38. The highest BCUT2D eigenvalue weighted by atomic mass is 16.4. The van der Waals surface area contributed by atoms with Crippen LogP contribution in [0.1, 0.15) is 37.9 Å². The van der Waals surface area contributed by atoms with Gasteiger partial charge in [-0.25, -0.2) is 9.97 Å². The van der Waals surface area contributed by atoms with Gasteiger partial charge in [0.2, 0.25) is 0 Å².